The fourth-order valence-corrected chi connectivity index (χ4v) is 2.33. The summed E-state index contributed by atoms with van der Waals surface area (Å²) in [7, 11) is 2.24. The van der Waals surface area contributed by atoms with Crippen LogP contribution in [-0.4, -0.2) is 40.1 Å². The number of imidazole rings is 1. The third kappa shape index (κ3) is 3.56. The lowest BCUT2D eigenvalue weighted by Crippen LogP contribution is -2.39. The smallest absolute Gasteiger partial charge is 0.122 e. The number of likely N-dealkylation sites (N-methyl/N-ethyl adjacent to an activating group) is 1. The fourth-order valence-electron chi connectivity index (χ4n) is 2.33. The van der Waals surface area contributed by atoms with Gasteiger partial charge >= 0.3 is 0 Å². The van der Waals surface area contributed by atoms with Crippen molar-refractivity contribution in [3.8, 4) is 0 Å². The van der Waals surface area contributed by atoms with Crippen LogP contribution in [0.2, 0.25) is 0 Å². The van der Waals surface area contributed by atoms with Crippen molar-refractivity contribution in [2.45, 2.75) is 58.3 Å². The van der Waals surface area contributed by atoms with Crippen molar-refractivity contribution in [3.63, 3.8) is 0 Å². The van der Waals surface area contributed by atoms with Crippen molar-refractivity contribution in [1.82, 2.24) is 19.8 Å². The van der Waals surface area contributed by atoms with Crippen LogP contribution in [0, 0.1) is 0 Å². The van der Waals surface area contributed by atoms with Crippen LogP contribution in [0.25, 0.3) is 0 Å². The zero-order valence-electron chi connectivity index (χ0n) is 11.9. The van der Waals surface area contributed by atoms with E-state index in [4.69, 9.17) is 0 Å². The Hall–Kier alpha value is -0.870. The average molecular weight is 250 g/mol. The van der Waals surface area contributed by atoms with E-state index in [1.807, 2.05) is 6.20 Å². The molecule has 102 valence electrons. The number of nitrogens with zero attached hydrogens (tertiary/aromatic N) is 3. The average Bonchev–Trinajstić information content (AvgIpc) is 3.12. The molecule has 18 heavy (non-hydrogen) atoms. The summed E-state index contributed by atoms with van der Waals surface area (Å²) in [6.45, 7) is 7.46. The molecule has 0 radical (unpaired) electrons. The minimum absolute atomic E-state index is 0.604. The van der Waals surface area contributed by atoms with Gasteiger partial charge in [-0.25, -0.2) is 4.98 Å². The van der Waals surface area contributed by atoms with Crippen LogP contribution in [0.4, 0.5) is 0 Å². The van der Waals surface area contributed by atoms with E-state index < -0.39 is 0 Å². The predicted molar refractivity (Wildman–Crippen MR) is 74.5 cm³/mol. The molecule has 1 fully saturated rings. The van der Waals surface area contributed by atoms with Gasteiger partial charge in [0.1, 0.15) is 5.82 Å². The third-order valence-corrected chi connectivity index (χ3v) is 3.81. The first-order valence-corrected chi connectivity index (χ1v) is 7.15. The van der Waals surface area contributed by atoms with E-state index in [0.29, 0.717) is 6.04 Å². The molecule has 1 heterocycles. The van der Waals surface area contributed by atoms with Gasteiger partial charge in [-0.05, 0) is 33.2 Å². The normalized spacial score (nSPS) is 17.3. The minimum atomic E-state index is 0.604. The van der Waals surface area contributed by atoms with E-state index in [0.717, 1.165) is 37.9 Å². The van der Waals surface area contributed by atoms with Gasteiger partial charge in [0.25, 0.3) is 0 Å². The summed E-state index contributed by atoms with van der Waals surface area (Å²) in [5, 5.41) is 3.52. The summed E-state index contributed by atoms with van der Waals surface area (Å²) in [6, 6.07) is 1.44. The Morgan fingerprint density at radius 2 is 2.33 bits per heavy atom. The molecule has 1 aromatic heterocycles. The van der Waals surface area contributed by atoms with Gasteiger partial charge in [0.15, 0.2) is 0 Å². The molecule has 0 aliphatic heterocycles. The highest BCUT2D eigenvalue weighted by atomic mass is 15.2. The Morgan fingerprint density at radius 3 is 3.00 bits per heavy atom. The molecular formula is C14H26N4. The molecule has 1 aliphatic carbocycles. The number of aromatic nitrogens is 2. The van der Waals surface area contributed by atoms with Crippen molar-refractivity contribution in [2.24, 2.45) is 0 Å². The maximum absolute atomic E-state index is 4.41. The van der Waals surface area contributed by atoms with Gasteiger partial charge in [-0.1, -0.05) is 6.92 Å². The van der Waals surface area contributed by atoms with E-state index in [1.165, 1.54) is 12.8 Å². The highest BCUT2D eigenvalue weighted by molar-refractivity contribution is 4.92. The molecule has 0 amide bonds. The lowest BCUT2D eigenvalue weighted by molar-refractivity contribution is 0.240. The largest absolute Gasteiger partial charge is 0.334 e. The van der Waals surface area contributed by atoms with Crippen LogP contribution in [0.3, 0.4) is 0 Å². The molecule has 1 aromatic rings. The van der Waals surface area contributed by atoms with Crippen LogP contribution in [0.5, 0.6) is 0 Å². The van der Waals surface area contributed by atoms with Gasteiger partial charge in [-0.2, -0.15) is 0 Å². The first kappa shape index (κ1) is 13.6. The molecule has 1 atom stereocenters. The summed E-state index contributed by atoms with van der Waals surface area (Å²) in [6.07, 6.45) is 7.88. The predicted octanol–water partition coefficient (Wildman–Crippen LogP) is 1.87. The summed E-state index contributed by atoms with van der Waals surface area (Å²) in [5.41, 5.74) is 0. The van der Waals surface area contributed by atoms with Gasteiger partial charge in [0, 0.05) is 37.6 Å². The van der Waals surface area contributed by atoms with Crippen LogP contribution >= 0.6 is 0 Å². The Kier molecular flexibility index (Phi) is 4.78. The van der Waals surface area contributed by atoms with Gasteiger partial charge in [0.05, 0.1) is 6.54 Å². The van der Waals surface area contributed by atoms with E-state index in [-0.39, 0.29) is 0 Å². The van der Waals surface area contributed by atoms with Gasteiger partial charge in [-0.3, -0.25) is 4.90 Å². The van der Waals surface area contributed by atoms with E-state index in [9.17, 15) is 0 Å². The SMILES string of the molecule is CCCn1ccnc1CNCC(C)N(C)C1CC1. The molecule has 2 rings (SSSR count). The summed E-state index contributed by atoms with van der Waals surface area (Å²) in [5.74, 6) is 1.15. The minimum Gasteiger partial charge on any atom is -0.334 e. The van der Waals surface area contributed by atoms with Gasteiger partial charge in [-0.15, -0.1) is 0 Å². The highest BCUT2D eigenvalue weighted by Gasteiger charge is 2.28. The Balaban J connectivity index is 1.72. The van der Waals surface area contributed by atoms with Crippen LogP contribution in [0.1, 0.15) is 38.9 Å². The van der Waals surface area contributed by atoms with Crippen molar-refractivity contribution >= 4 is 0 Å². The maximum atomic E-state index is 4.41. The Labute approximate surface area is 110 Å². The van der Waals surface area contributed by atoms with Crippen molar-refractivity contribution < 1.29 is 0 Å². The number of hydrogen-bond donors (Lipinski definition) is 1. The molecule has 0 spiro atoms. The van der Waals surface area contributed by atoms with Crippen LogP contribution in [0.15, 0.2) is 12.4 Å². The molecule has 4 heteroatoms. The summed E-state index contributed by atoms with van der Waals surface area (Å²) < 4.78 is 2.24. The second-order valence-corrected chi connectivity index (χ2v) is 5.41. The zero-order valence-corrected chi connectivity index (χ0v) is 11.9. The standard InChI is InChI=1S/C14H26N4/c1-4-8-18-9-7-16-14(18)11-15-10-12(2)17(3)13-5-6-13/h7,9,12-13,15H,4-6,8,10-11H2,1-3H3. The third-order valence-electron chi connectivity index (χ3n) is 3.81. The fraction of sp³-hybridized carbons (Fsp3) is 0.786. The number of hydrogen-bond acceptors (Lipinski definition) is 3. The first-order chi connectivity index (χ1) is 8.72. The molecule has 0 bridgehead atoms. The Morgan fingerprint density at radius 1 is 1.56 bits per heavy atom. The first-order valence-electron chi connectivity index (χ1n) is 7.15. The molecule has 1 N–H and O–H groups in total. The van der Waals surface area contributed by atoms with Gasteiger partial charge < -0.3 is 9.88 Å². The lowest BCUT2D eigenvalue weighted by Gasteiger charge is -2.24. The number of nitrogens with one attached hydrogen (secondary N) is 1. The van der Waals surface area contributed by atoms with Crippen molar-refractivity contribution in [3.05, 3.63) is 18.2 Å². The van der Waals surface area contributed by atoms with Crippen molar-refractivity contribution in [2.75, 3.05) is 13.6 Å². The molecule has 1 aliphatic rings. The second kappa shape index (κ2) is 6.34. The van der Waals surface area contributed by atoms with Gasteiger partial charge in [0.2, 0.25) is 0 Å². The summed E-state index contributed by atoms with van der Waals surface area (Å²) >= 11 is 0. The second-order valence-electron chi connectivity index (χ2n) is 5.41. The number of rotatable bonds is 8. The molecule has 0 saturated heterocycles. The highest BCUT2D eigenvalue weighted by Crippen LogP contribution is 2.26. The molecule has 4 nitrogen and oxygen atoms in total. The van der Waals surface area contributed by atoms with E-state index in [2.05, 4.69) is 46.9 Å². The molecule has 1 unspecified atom stereocenters. The lowest BCUT2D eigenvalue weighted by atomic mass is 10.3. The quantitative estimate of drug-likeness (QED) is 0.764. The topological polar surface area (TPSA) is 33.1 Å². The van der Waals surface area contributed by atoms with E-state index in [1.54, 1.807) is 0 Å². The summed E-state index contributed by atoms with van der Waals surface area (Å²) in [4.78, 5) is 6.90. The number of aryl methyl sites for hydroxylation is 1. The molecule has 0 aromatic carbocycles. The van der Waals surface area contributed by atoms with Crippen molar-refractivity contribution in [1.29, 1.82) is 0 Å². The van der Waals surface area contributed by atoms with Crippen LogP contribution in [-0.2, 0) is 13.1 Å². The maximum Gasteiger partial charge on any atom is 0.122 e. The monoisotopic (exact) mass is 250 g/mol. The Bertz CT molecular complexity index is 356. The van der Waals surface area contributed by atoms with E-state index >= 15 is 0 Å². The molecular weight excluding hydrogens is 224 g/mol. The zero-order chi connectivity index (χ0) is 13.0. The van der Waals surface area contributed by atoms with Crippen LogP contribution < -0.4 is 5.32 Å². The molecule has 1 saturated carbocycles.